The molecule has 1 heterocycles. The van der Waals surface area contributed by atoms with Gasteiger partial charge in [-0.3, -0.25) is 0 Å². The van der Waals surface area contributed by atoms with Gasteiger partial charge in [0.15, 0.2) is 0 Å². The van der Waals surface area contributed by atoms with E-state index >= 15 is 0 Å². The van der Waals surface area contributed by atoms with Crippen molar-refractivity contribution in [2.45, 2.75) is 19.4 Å². The monoisotopic (exact) mass is 115 g/mol. The maximum absolute atomic E-state index is 5.62. The quantitative estimate of drug-likeness (QED) is 0.536. The summed E-state index contributed by atoms with van der Waals surface area (Å²) in [5, 5.41) is 0. The van der Waals surface area contributed by atoms with Crippen LogP contribution in [-0.4, -0.2) is 19.3 Å². The Labute approximate surface area is 50.0 Å². The molecule has 1 aliphatic rings. The number of rotatable bonds is 1. The molecule has 0 radical (unpaired) electrons. The molecular formula is C6H13NO. The molecule has 0 aromatic heterocycles. The van der Waals surface area contributed by atoms with Gasteiger partial charge in [-0.25, -0.2) is 0 Å². The molecule has 0 bridgehead atoms. The Hall–Kier alpha value is -0.0800. The van der Waals surface area contributed by atoms with E-state index < -0.39 is 0 Å². The summed E-state index contributed by atoms with van der Waals surface area (Å²) < 4.78 is 5.14. The zero-order valence-corrected chi connectivity index (χ0v) is 5.26. The summed E-state index contributed by atoms with van der Waals surface area (Å²) in [5.41, 5.74) is 5.62. The van der Waals surface area contributed by atoms with Crippen LogP contribution in [-0.2, 0) is 4.74 Å². The standard InChI is InChI=1S/C6H13NO/c1-5(7)6-2-3-8-4-6/h5-6H,2-4,7H2,1H3. The van der Waals surface area contributed by atoms with Crippen molar-refractivity contribution in [2.75, 3.05) is 13.2 Å². The van der Waals surface area contributed by atoms with Crippen LogP contribution in [0.25, 0.3) is 0 Å². The Balaban J connectivity index is 2.24. The van der Waals surface area contributed by atoms with Gasteiger partial charge in [-0.2, -0.15) is 0 Å². The highest BCUT2D eigenvalue weighted by atomic mass is 16.5. The summed E-state index contributed by atoms with van der Waals surface area (Å²) in [5.74, 6) is 0.620. The topological polar surface area (TPSA) is 35.2 Å². The predicted molar refractivity (Wildman–Crippen MR) is 32.6 cm³/mol. The molecular weight excluding hydrogens is 102 g/mol. The van der Waals surface area contributed by atoms with Crippen molar-refractivity contribution in [2.24, 2.45) is 11.7 Å². The Kier molecular flexibility index (Phi) is 1.86. The molecule has 2 heteroatoms. The lowest BCUT2D eigenvalue weighted by Gasteiger charge is -2.09. The largest absolute Gasteiger partial charge is 0.381 e. The van der Waals surface area contributed by atoms with Gasteiger partial charge in [0.05, 0.1) is 6.61 Å². The molecule has 8 heavy (non-hydrogen) atoms. The van der Waals surface area contributed by atoms with Crippen molar-refractivity contribution in [1.29, 1.82) is 0 Å². The average molecular weight is 115 g/mol. The van der Waals surface area contributed by atoms with Gasteiger partial charge in [0.1, 0.15) is 0 Å². The van der Waals surface area contributed by atoms with Crippen molar-refractivity contribution < 1.29 is 4.74 Å². The molecule has 0 spiro atoms. The van der Waals surface area contributed by atoms with E-state index in [0.29, 0.717) is 12.0 Å². The maximum Gasteiger partial charge on any atom is 0.0509 e. The Bertz CT molecular complexity index is 66.9. The van der Waals surface area contributed by atoms with Crippen LogP contribution in [0.3, 0.4) is 0 Å². The van der Waals surface area contributed by atoms with Crippen LogP contribution in [0.4, 0.5) is 0 Å². The molecule has 1 saturated heterocycles. The summed E-state index contributed by atoms with van der Waals surface area (Å²) >= 11 is 0. The second-order valence-corrected chi connectivity index (χ2v) is 2.48. The zero-order chi connectivity index (χ0) is 5.98. The summed E-state index contributed by atoms with van der Waals surface area (Å²) in [6.45, 7) is 3.82. The smallest absolute Gasteiger partial charge is 0.0509 e. The van der Waals surface area contributed by atoms with Crippen LogP contribution < -0.4 is 5.73 Å². The van der Waals surface area contributed by atoms with Crippen molar-refractivity contribution in [3.63, 3.8) is 0 Å². The minimum atomic E-state index is 0.317. The SMILES string of the molecule is CC(N)C1CCOC1. The van der Waals surface area contributed by atoms with E-state index in [0.717, 1.165) is 19.6 Å². The van der Waals surface area contributed by atoms with Crippen LogP contribution in [0.1, 0.15) is 13.3 Å². The summed E-state index contributed by atoms with van der Waals surface area (Å²) in [4.78, 5) is 0. The Morgan fingerprint density at radius 2 is 2.50 bits per heavy atom. The van der Waals surface area contributed by atoms with Gasteiger partial charge < -0.3 is 10.5 Å². The number of ether oxygens (including phenoxy) is 1. The molecule has 0 saturated carbocycles. The number of hydrogen-bond donors (Lipinski definition) is 1. The van der Waals surface area contributed by atoms with Gasteiger partial charge in [-0.1, -0.05) is 0 Å². The first-order chi connectivity index (χ1) is 3.80. The highest BCUT2D eigenvalue weighted by Gasteiger charge is 2.18. The van der Waals surface area contributed by atoms with Gasteiger partial charge in [-0.05, 0) is 19.3 Å². The average Bonchev–Trinajstić information content (AvgIpc) is 2.12. The molecule has 0 amide bonds. The first kappa shape index (κ1) is 6.05. The van der Waals surface area contributed by atoms with E-state index in [-0.39, 0.29) is 0 Å². The van der Waals surface area contributed by atoms with Gasteiger partial charge in [0.2, 0.25) is 0 Å². The number of nitrogens with two attached hydrogens (primary N) is 1. The lowest BCUT2D eigenvalue weighted by Crippen LogP contribution is -2.26. The van der Waals surface area contributed by atoms with E-state index in [4.69, 9.17) is 10.5 Å². The Morgan fingerprint density at radius 3 is 2.75 bits per heavy atom. The molecule has 0 aliphatic carbocycles. The fraction of sp³-hybridized carbons (Fsp3) is 1.00. The maximum atomic E-state index is 5.62. The van der Waals surface area contributed by atoms with Crippen molar-refractivity contribution in [3.05, 3.63) is 0 Å². The minimum Gasteiger partial charge on any atom is -0.381 e. The lowest BCUT2D eigenvalue weighted by atomic mass is 10.0. The van der Waals surface area contributed by atoms with Crippen molar-refractivity contribution in [3.8, 4) is 0 Å². The number of hydrogen-bond acceptors (Lipinski definition) is 2. The van der Waals surface area contributed by atoms with Crippen LogP contribution >= 0.6 is 0 Å². The van der Waals surface area contributed by atoms with E-state index in [1.807, 2.05) is 6.92 Å². The molecule has 1 aliphatic heterocycles. The van der Waals surface area contributed by atoms with Crippen LogP contribution in [0.2, 0.25) is 0 Å². The van der Waals surface area contributed by atoms with Crippen molar-refractivity contribution in [1.82, 2.24) is 0 Å². The third-order valence-electron chi connectivity index (χ3n) is 1.71. The molecule has 48 valence electrons. The van der Waals surface area contributed by atoms with E-state index in [2.05, 4.69) is 0 Å². The van der Waals surface area contributed by atoms with Gasteiger partial charge in [0, 0.05) is 12.6 Å². The van der Waals surface area contributed by atoms with Crippen LogP contribution in [0.15, 0.2) is 0 Å². The summed E-state index contributed by atoms with van der Waals surface area (Å²) in [6, 6.07) is 0.317. The van der Waals surface area contributed by atoms with E-state index in [9.17, 15) is 0 Å². The first-order valence-corrected chi connectivity index (χ1v) is 3.14. The first-order valence-electron chi connectivity index (χ1n) is 3.14. The fourth-order valence-electron chi connectivity index (χ4n) is 0.967. The van der Waals surface area contributed by atoms with E-state index in [1.54, 1.807) is 0 Å². The molecule has 2 unspecified atom stereocenters. The van der Waals surface area contributed by atoms with Gasteiger partial charge in [0.25, 0.3) is 0 Å². The second kappa shape index (κ2) is 2.46. The van der Waals surface area contributed by atoms with Crippen LogP contribution in [0, 0.1) is 5.92 Å². The van der Waals surface area contributed by atoms with Crippen molar-refractivity contribution >= 4 is 0 Å². The summed E-state index contributed by atoms with van der Waals surface area (Å²) in [6.07, 6.45) is 1.15. The minimum absolute atomic E-state index is 0.317. The molecule has 1 fully saturated rings. The summed E-state index contributed by atoms with van der Waals surface area (Å²) in [7, 11) is 0. The fourth-order valence-corrected chi connectivity index (χ4v) is 0.967. The zero-order valence-electron chi connectivity index (χ0n) is 5.26. The third-order valence-corrected chi connectivity index (χ3v) is 1.71. The molecule has 2 nitrogen and oxygen atoms in total. The van der Waals surface area contributed by atoms with Crippen LogP contribution in [0.5, 0.6) is 0 Å². The molecule has 0 aromatic rings. The Morgan fingerprint density at radius 1 is 1.75 bits per heavy atom. The third kappa shape index (κ3) is 1.20. The highest BCUT2D eigenvalue weighted by molar-refractivity contribution is 4.71. The van der Waals surface area contributed by atoms with Gasteiger partial charge >= 0.3 is 0 Å². The van der Waals surface area contributed by atoms with E-state index in [1.165, 1.54) is 0 Å². The molecule has 2 atom stereocenters. The molecule has 1 rings (SSSR count). The normalized spacial score (nSPS) is 33.0. The van der Waals surface area contributed by atoms with Gasteiger partial charge in [-0.15, -0.1) is 0 Å². The molecule has 2 N–H and O–H groups in total. The second-order valence-electron chi connectivity index (χ2n) is 2.48. The highest BCUT2D eigenvalue weighted by Crippen LogP contribution is 2.14. The molecule has 0 aromatic carbocycles. The predicted octanol–water partition coefficient (Wildman–Crippen LogP) is 0.370. The lowest BCUT2D eigenvalue weighted by molar-refractivity contribution is 0.182.